The molecule has 1 rings (SSSR count). The number of benzene rings is 1. The van der Waals surface area contributed by atoms with Crippen LogP contribution in [0.25, 0.3) is 0 Å². The fourth-order valence-electron chi connectivity index (χ4n) is 1.16. The third-order valence-corrected chi connectivity index (χ3v) is 1.98. The molecule has 0 aliphatic carbocycles. The highest BCUT2D eigenvalue weighted by Crippen LogP contribution is 2.37. The molecule has 0 saturated carbocycles. The minimum Gasteiger partial charge on any atom is -0.503 e. The van der Waals surface area contributed by atoms with Gasteiger partial charge in [0.05, 0.1) is 14.2 Å². The topological polar surface area (TPSA) is 68.1 Å². The largest absolute Gasteiger partial charge is 0.503 e. The second kappa shape index (κ2) is 5.16. The fraction of sp³-hybridized carbons (Fsp3) is 0.273. The van der Waals surface area contributed by atoms with Crippen molar-refractivity contribution in [3.8, 4) is 11.5 Å². The van der Waals surface area contributed by atoms with Gasteiger partial charge in [0.1, 0.15) is 5.69 Å². The van der Waals surface area contributed by atoms with Gasteiger partial charge in [-0.2, -0.15) is 0 Å². The SMILES string of the molecule is COC=Nc1cc(C(C)=O)cc(OC)c1O. The minimum atomic E-state index is -0.132. The number of nitrogens with zero attached hydrogens (tertiary/aromatic N) is 1. The number of ether oxygens (including phenoxy) is 2. The van der Waals surface area contributed by atoms with Crippen molar-refractivity contribution in [2.75, 3.05) is 14.2 Å². The van der Waals surface area contributed by atoms with Crippen LogP contribution in [0.15, 0.2) is 17.1 Å². The molecule has 1 aromatic rings. The lowest BCUT2D eigenvalue weighted by atomic mass is 10.1. The van der Waals surface area contributed by atoms with Crippen LogP contribution in [-0.2, 0) is 4.74 Å². The molecule has 5 nitrogen and oxygen atoms in total. The highest BCUT2D eigenvalue weighted by atomic mass is 16.5. The highest BCUT2D eigenvalue weighted by molar-refractivity contribution is 5.96. The molecule has 0 amide bonds. The molecule has 0 aliphatic rings. The Balaban J connectivity index is 3.29. The Hall–Kier alpha value is -2.04. The summed E-state index contributed by atoms with van der Waals surface area (Å²) in [6.07, 6.45) is 1.17. The molecule has 1 N–H and O–H groups in total. The van der Waals surface area contributed by atoms with Gasteiger partial charge < -0.3 is 14.6 Å². The Kier molecular flexibility index (Phi) is 3.88. The van der Waals surface area contributed by atoms with Crippen LogP contribution in [0, 0.1) is 0 Å². The van der Waals surface area contributed by atoms with E-state index in [4.69, 9.17) is 4.74 Å². The van der Waals surface area contributed by atoms with Crippen LogP contribution in [0.1, 0.15) is 17.3 Å². The number of Topliss-reactive ketones (excluding diaryl/α,β-unsaturated/α-hetero) is 1. The molecule has 0 atom stereocenters. The van der Waals surface area contributed by atoms with Crippen LogP contribution < -0.4 is 4.74 Å². The first kappa shape index (κ1) is 12.0. The van der Waals surface area contributed by atoms with Gasteiger partial charge in [-0.25, -0.2) is 4.99 Å². The molecule has 0 radical (unpaired) electrons. The maximum Gasteiger partial charge on any atom is 0.184 e. The third-order valence-electron chi connectivity index (χ3n) is 1.98. The number of ketones is 1. The van der Waals surface area contributed by atoms with Crippen molar-refractivity contribution < 1.29 is 19.4 Å². The van der Waals surface area contributed by atoms with E-state index in [0.717, 1.165) is 0 Å². The number of rotatable bonds is 4. The van der Waals surface area contributed by atoms with E-state index in [1.807, 2.05) is 0 Å². The number of aromatic hydroxyl groups is 1. The average Bonchev–Trinajstić information content (AvgIpc) is 2.27. The second-order valence-electron chi connectivity index (χ2n) is 3.07. The first-order valence-electron chi connectivity index (χ1n) is 4.57. The second-order valence-corrected chi connectivity index (χ2v) is 3.07. The van der Waals surface area contributed by atoms with Crippen molar-refractivity contribution in [1.29, 1.82) is 0 Å². The van der Waals surface area contributed by atoms with Crippen LogP contribution in [0.4, 0.5) is 5.69 Å². The Morgan fingerprint density at radius 2 is 2.12 bits per heavy atom. The summed E-state index contributed by atoms with van der Waals surface area (Å²) >= 11 is 0. The Morgan fingerprint density at radius 1 is 1.44 bits per heavy atom. The summed E-state index contributed by atoms with van der Waals surface area (Å²) in [6, 6.07) is 2.93. The summed E-state index contributed by atoms with van der Waals surface area (Å²) in [7, 11) is 2.84. The molecular weight excluding hydrogens is 210 g/mol. The summed E-state index contributed by atoms with van der Waals surface area (Å²) < 4.78 is 9.59. The third kappa shape index (κ3) is 2.50. The summed E-state index contributed by atoms with van der Waals surface area (Å²) in [5.74, 6) is -0.0519. The summed E-state index contributed by atoms with van der Waals surface area (Å²) in [4.78, 5) is 15.1. The van der Waals surface area contributed by atoms with E-state index in [1.165, 1.54) is 39.7 Å². The summed E-state index contributed by atoms with van der Waals surface area (Å²) in [6.45, 7) is 1.43. The lowest BCUT2D eigenvalue weighted by Gasteiger charge is -2.07. The van der Waals surface area contributed by atoms with Gasteiger partial charge in [0.2, 0.25) is 0 Å². The lowest BCUT2D eigenvalue weighted by Crippen LogP contribution is -1.94. The average molecular weight is 223 g/mol. The maximum atomic E-state index is 11.2. The monoisotopic (exact) mass is 223 g/mol. The van der Waals surface area contributed by atoms with E-state index in [0.29, 0.717) is 5.56 Å². The van der Waals surface area contributed by atoms with Crippen molar-refractivity contribution in [3.63, 3.8) is 0 Å². The molecule has 0 fully saturated rings. The highest BCUT2D eigenvalue weighted by Gasteiger charge is 2.12. The van der Waals surface area contributed by atoms with E-state index < -0.39 is 0 Å². The van der Waals surface area contributed by atoms with Crippen LogP contribution in [0.5, 0.6) is 11.5 Å². The molecule has 0 aromatic heterocycles. The fourth-order valence-corrected chi connectivity index (χ4v) is 1.16. The number of phenolic OH excluding ortho intramolecular Hbond substituents is 1. The minimum absolute atomic E-state index is 0.124. The van der Waals surface area contributed by atoms with E-state index in [9.17, 15) is 9.90 Å². The molecule has 1 aromatic carbocycles. The zero-order valence-electron chi connectivity index (χ0n) is 9.35. The number of carbonyl (C=O) groups excluding carboxylic acids is 1. The smallest absolute Gasteiger partial charge is 0.184 e. The quantitative estimate of drug-likeness (QED) is 0.481. The number of aliphatic imine (C=N–C) groups is 1. The van der Waals surface area contributed by atoms with Gasteiger partial charge in [-0.15, -0.1) is 0 Å². The number of phenols is 1. The molecule has 16 heavy (non-hydrogen) atoms. The first-order chi connectivity index (χ1) is 7.60. The molecular formula is C11H13NO4. The van der Waals surface area contributed by atoms with Crippen LogP contribution in [0.2, 0.25) is 0 Å². The zero-order chi connectivity index (χ0) is 12.1. The van der Waals surface area contributed by atoms with Crippen molar-refractivity contribution in [1.82, 2.24) is 0 Å². The number of hydrogen-bond donors (Lipinski definition) is 1. The van der Waals surface area contributed by atoms with Crippen molar-refractivity contribution in [3.05, 3.63) is 17.7 Å². The van der Waals surface area contributed by atoms with Crippen molar-refractivity contribution in [2.24, 2.45) is 4.99 Å². The predicted molar refractivity (Wildman–Crippen MR) is 59.8 cm³/mol. The Labute approximate surface area is 93.3 Å². The molecule has 0 saturated heterocycles. The van der Waals surface area contributed by atoms with Crippen molar-refractivity contribution in [2.45, 2.75) is 6.92 Å². The molecule has 0 heterocycles. The van der Waals surface area contributed by atoms with E-state index in [2.05, 4.69) is 9.73 Å². The summed E-state index contributed by atoms with van der Waals surface area (Å²) in [5.41, 5.74) is 0.643. The zero-order valence-corrected chi connectivity index (χ0v) is 9.35. The van der Waals surface area contributed by atoms with Crippen LogP contribution >= 0.6 is 0 Å². The van der Waals surface area contributed by atoms with Crippen LogP contribution in [0.3, 0.4) is 0 Å². The lowest BCUT2D eigenvalue weighted by molar-refractivity contribution is 0.101. The molecule has 0 bridgehead atoms. The van der Waals surface area contributed by atoms with Gasteiger partial charge in [-0.1, -0.05) is 0 Å². The Bertz CT molecular complexity index is 426. The van der Waals surface area contributed by atoms with Gasteiger partial charge in [0.25, 0.3) is 0 Å². The molecule has 0 spiro atoms. The molecule has 0 aliphatic heterocycles. The predicted octanol–water partition coefficient (Wildman–Crippen LogP) is 1.91. The van der Waals surface area contributed by atoms with Gasteiger partial charge in [0, 0.05) is 5.56 Å². The van der Waals surface area contributed by atoms with E-state index in [-0.39, 0.29) is 23.0 Å². The van der Waals surface area contributed by atoms with E-state index >= 15 is 0 Å². The van der Waals surface area contributed by atoms with E-state index in [1.54, 1.807) is 0 Å². The Morgan fingerprint density at radius 3 is 2.62 bits per heavy atom. The van der Waals surface area contributed by atoms with Gasteiger partial charge >= 0.3 is 0 Å². The first-order valence-corrected chi connectivity index (χ1v) is 4.57. The number of carbonyl (C=O) groups is 1. The standard InChI is InChI=1S/C11H13NO4/c1-7(13)8-4-9(12-6-15-2)11(14)10(5-8)16-3/h4-6,14H,1-3H3. The number of methoxy groups -OCH3 is 2. The van der Waals surface area contributed by atoms with Crippen molar-refractivity contribution >= 4 is 17.9 Å². The molecule has 0 unspecified atom stereocenters. The maximum absolute atomic E-state index is 11.2. The normalized spacial score (nSPS) is 10.4. The number of hydrogen-bond acceptors (Lipinski definition) is 5. The molecule has 5 heteroatoms. The van der Waals surface area contributed by atoms with Gasteiger partial charge in [-0.3, -0.25) is 4.79 Å². The van der Waals surface area contributed by atoms with Crippen LogP contribution in [-0.4, -0.2) is 31.5 Å². The van der Waals surface area contributed by atoms with Gasteiger partial charge in [0.15, 0.2) is 23.7 Å². The van der Waals surface area contributed by atoms with Gasteiger partial charge in [-0.05, 0) is 19.1 Å². The molecule has 86 valence electrons. The summed E-state index contributed by atoms with van der Waals surface area (Å²) in [5, 5.41) is 9.72.